The Morgan fingerprint density at radius 1 is 1.11 bits per heavy atom. The average molecular weight is 422 g/mol. The van der Waals surface area contributed by atoms with Gasteiger partial charge in [0.2, 0.25) is 0 Å². The number of benzene rings is 1. The van der Waals surface area contributed by atoms with Crippen LogP contribution in [0.4, 0.5) is 5.00 Å². The smallest absolute Gasteiger partial charge is 0.341 e. The van der Waals surface area contributed by atoms with E-state index in [1.807, 2.05) is 0 Å². The maximum atomic E-state index is 12.7. The van der Waals surface area contributed by atoms with Crippen LogP contribution in [-0.4, -0.2) is 33.2 Å². The lowest BCUT2D eigenvalue weighted by atomic mass is 10.1. The number of carbonyl (C=O) groups excluding carboxylic acids is 2. The van der Waals surface area contributed by atoms with Crippen LogP contribution in [0.5, 0.6) is 0 Å². The van der Waals surface area contributed by atoms with Crippen LogP contribution in [0.2, 0.25) is 0 Å². The standard InChI is InChI=1S/C20H23NO5S2/c1-3-28(24,25)14-11-9-13(10-12-14)18(22)21-19-17(20(23)26-2)15-7-5-4-6-8-16(15)27-19/h9-12H,3-8H2,1-2H3,(H,21,22). The molecule has 150 valence electrons. The lowest BCUT2D eigenvalue weighted by molar-refractivity contribution is 0.0601. The van der Waals surface area contributed by atoms with Crippen molar-refractivity contribution in [3.63, 3.8) is 0 Å². The monoisotopic (exact) mass is 421 g/mol. The Morgan fingerprint density at radius 2 is 1.79 bits per heavy atom. The van der Waals surface area contributed by atoms with Crippen LogP contribution in [0, 0.1) is 0 Å². The Balaban J connectivity index is 1.89. The van der Waals surface area contributed by atoms with Gasteiger partial charge in [0.1, 0.15) is 5.00 Å². The number of fused-ring (bicyclic) bond motifs is 1. The fraction of sp³-hybridized carbons (Fsp3) is 0.400. The molecule has 0 unspecified atom stereocenters. The molecule has 6 nitrogen and oxygen atoms in total. The number of ether oxygens (including phenoxy) is 1. The number of hydrogen-bond acceptors (Lipinski definition) is 6. The van der Waals surface area contributed by atoms with E-state index in [1.54, 1.807) is 6.92 Å². The molecular weight excluding hydrogens is 398 g/mol. The number of amides is 1. The molecular formula is C20H23NO5S2. The van der Waals surface area contributed by atoms with E-state index in [9.17, 15) is 18.0 Å². The normalized spacial score (nSPS) is 14.1. The Hall–Kier alpha value is -2.19. The van der Waals surface area contributed by atoms with Crippen molar-refractivity contribution in [1.29, 1.82) is 0 Å². The quantitative estimate of drug-likeness (QED) is 0.585. The summed E-state index contributed by atoms with van der Waals surface area (Å²) in [5, 5.41) is 3.32. The first-order chi connectivity index (χ1) is 13.4. The second-order valence-corrected chi connectivity index (χ2v) is 10.0. The fourth-order valence-corrected chi connectivity index (χ4v) is 5.46. The summed E-state index contributed by atoms with van der Waals surface area (Å²) in [6.45, 7) is 1.57. The number of hydrogen-bond donors (Lipinski definition) is 1. The van der Waals surface area contributed by atoms with Crippen molar-refractivity contribution in [2.24, 2.45) is 0 Å². The summed E-state index contributed by atoms with van der Waals surface area (Å²) in [6, 6.07) is 5.82. The van der Waals surface area contributed by atoms with Gasteiger partial charge in [0.25, 0.3) is 5.91 Å². The molecule has 28 heavy (non-hydrogen) atoms. The molecule has 0 fully saturated rings. The van der Waals surface area contributed by atoms with Gasteiger partial charge in [-0.3, -0.25) is 4.79 Å². The lowest BCUT2D eigenvalue weighted by Crippen LogP contribution is -2.15. The molecule has 0 saturated heterocycles. The van der Waals surface area contributed by atoms with Gasteiger partial charge in [-0.05, 0) is 55.5 Å². The topological polar surface area (TPSA) is 89.5 Å². The highest BCUT2D eigenvalue weighted by molar-refractivity contribution is 7.91. The van der Waals surface area contributed by atoms with Crippen LogP contribution in [0.3, 0.4) is 0 Å². The van der Waals surface area contributed by atoms with Crippen LogP contribution >= 0.6 is 11.3 Å². The first kappa shape index (κ1) is 20.5. The van der Waals surface area contributed by atoms with Gasteiger partial charge >= 0.3 is 5.97 Å². The van der Waals surface area contributed by atoms with E-state index in [-0.39, 0.29) is 16.6 Å². The van der Waals surface area contributed by atoms with E-state index in [0.717, 1.165) is 42.5 Å². The third kappa shape index (κ3) is 4.12. The minimum Gasteiger partial charge on any atom is -0.465 e. The Labute approximate surface area is 168 Å². The minimum absolute atomic E-state index is 0.00177. The van der Waals surface area contributed by atoms with Gasteiger partial charge in [-0.1, -0.05) is 13.3 Å². The molecule has 0 bridgehead atoms. The molecule has 1 aliphatic rings. The Kier molecular flexibility index (Phi) is 6.20. The molecule has 1 aliphatic carbocycles. The van der Waals surface area contributed by atoms with Crippen LogP contribution in [0.15, 0.2) is 29.2 Å². The van der Waals surface area contributed by atoms with Crippen LogP contribution < -0.4 is 5.32 Å². The summed E-state index contributed by atoms with van der Waals surface area (Å²) in [7, 11) is -1.98. The van der Waals surface area contributed by atoms with Crippen LogP contribution in [0.25, 0.3) is 0 Å². The molecule has 1 aromatic heterocycles. The highest BCUT2D eigenvalue weighted by Crippen LogP contribution is 2.38. The largest absolute Gasteiger partial charge is 0.465 e. The molecule has 0 saturated carbocycles. The molecule has 8 heteroatoms. The second-order valence-electron chi connectivity index (χ2n) is 6.64. The summed E-state index contributed by atoms with van der Waals surface area (Å²) >= 11 is 1.42. The van der Waals surface area contributed by atoms with E-state index in [4.69, 9.17) is 4.74 Å². The van der Waals surface area contributed by atoms with Crippen molar-refractivity contribution in [2.75, 3.05) is 18.2 Å². The number of nitrogens with one attached hydrogen (secondary N) is 1. The van der Waals surface area contributed by atoms with Crippen molar-refractivity contribution < 1.29 is 22.7 Å². The van der Waals surface area contributed by atoms with Gasteiger partial charge in [0, 0.05) is 10.4 Å². The average Bonchev–Trinajstić information content (AvgIpc) is 2.87. The first-order valence-corrected chi connectivity index (χ1v) is 11.7. The van der Waals surface area contributed by atoms with Gasteiger partial charge in [-0.25, -0.2) is 13.2 Å². The van der Waals surface area contributed by atoms with E-state index in [0.29, 0.717) is 16.1 Å². The summed E-state index contributed by atoms with van der Waals surface area (Å²) in [5.74, 6) is -0.831. The first-order valence-electron chi connectivity index (χ1n) is 9.24. The third-order valence-electron chi connectivity index (χ3n) is 4.89. The van der Waals surface area contributed by atoms with Gasteiger partial charge in [0.05, 0.1) is 23.3 Å². The zero-order chi connectivity index (χ0) is 20.3. The minimum atomic E-state index is -3.32. The third-order valence-corrected chi connectivity index (χ3v) is 7.85. The zero-order valence-corrected chi connectivity index (χ0v) is 17.5. The highest BCUT2D eigenvalue weighted by atomic mass is 32.2. The Morgan fingerprint density at radius 3 is 2.43 bits per heavy atom. The number of sulfone groups is 1. The lowest BCUT2D eigenvalue weighted by Gasteiger charge is -2.08. The summed E-state index contributed by atoms with van der Waals surface area (Å²) in [5.41, 5.74) is 1.76. The molecule has 3 rings (SSSR count). The molecule has 0 spiro atoms. The molecule has 0 atom stereocenters. The molecule has 2 aromatic rings. The maximum Gasteiger partial charge on any atom is 0.341 e. The highest BCUT2D eigenvalue weighted by Gasteiger charge is 2.26. The maximum absolute atomic E-state index is 12.7. The predicted octanol–water partition coefficient (Wildman–Crippen LogP) is 3.85. The van der Waals surface area contributed by atoms with Crippen LogP contribution in [0.1, 0.15) is 57.3 Å². The number of rotatable bonds is 5. The SMILES string of the molecule is CCS(=O)(=O)c1ccc(C(=O)Nc2sc3c(c2C(=O)OC)CCCCC3)cc1. The number of anilines is 1. The van der Waals surface area contributed by atoms with Crippen molar-refractivity contribution in [3.8, 4) is 0 Å². The van der Waals surface area contributed by atoms with E-state index in [2.05, 4.69) is 5.32 Å². The summed E-state index contributed by atoms with van der Waals surface area (Å²) in [6.07, 6.45) is 4.89. The van der Waals surface area contributed by atoms with Gasteiger partial charge in [-0.2, -0.15) is 0 Å². The number of aryl methyl sites for hydroxylation is 1. The number of methoxy groups -OCH3 is 1. The van der Waals surface area contributed by atoms with Gasteiger partial charge in [-0.15, -0.1) is 11.3 Å². The van der Waals surface area contributed by atoms with Crippen molar-refractivity contribution >= 4 is 38.1 Å². The fourth-order valence-electron chi connectivity index (χ4n) is 3.30. The van der Waals surface area contributed by atoms with Crippen molar-refractivity contribution in [1.82, 2.24) is 0 Å². The van der Waals surface area contributed by atoms with Crippen molar-refractivity contribution in [2.45, 2.75) is 43.9 Å². The van der Waals surface area contributed by atoms with E-state index >= 15 is 0 Å². The second kappa shape index (κ2) is 8.45. The number of esters is 1. The molecule has 1 amide bonds. The molecule has 0 radical (unpaired) electrons. The summed E-state index contributed by atoms with van der Waals surface area (Å²) < 4.78 is 28.8. The molecule has 0 aliphatic heterocycles. The number of carbonyl (C=O) groups is 2. The van der Waals surface area contributed by atoms with E-state index < -0.39 is 15.8 Å². The van der Waals surface area contributed by atoms with Gasteiger partial charge < -0.3 is 10.1 Å². The molecule has 1 aromatic carbocycles. The van der Waals surface area contributed by atoms with Crippen molar-refractivity contribution in [3.05, 3.63) is 45.8 Å². The molecule has 1 N–H and O–H groups in total. The Bertz CT molecular complexity index is 990. The summed E-state index contributed by atoms with van der Waals surface area (Å²) in [4.78, 5) is 26.3. The van der Waals surface area contributed by atoms with Gasteiger partial charge in [0.15, 0.2) is 9.84 Å². The van der Waals surface area contributed by atoms with E-state index in [1.165, 1.54) is 42.7 Å². The number of thiophene rings is 1. The predicted molar refractivity (Wildman–Crippen MR) is 109 cm³/mol. The zero-order valence-electron chi connectivity index (χ0n) is 15.9. The molecule has 1 heterocycles. The van der Waals surface area contributed by atoms with Crippen LogP contribution in [-0.2, 0) is 27.4 Å².